The maximum absolute atomic E-state index is 10.3. The van der Waals surface area contributed by atoms with E-state index in [1.54, 1.807) is 0 Å². The summed E-state index contributed by atoms with van der Waals surface area (Å²) < 4.78 is 0. The lowest BCUT2D eigenvalue weighted by Crippen LogP contribution is -2.38. The maximum atomic E-state index is 10.3. The van der Waals surface area contributed by atoms with E-state index in [1.165, 1.54) is 32.1 Å². The second-order valence-electron chi connectivity index (χ2n) is 4.76. The number of hydrogen-bond donors (Lipinski definition) is 1. The molecule has 3 aliphatic rings. The average Bonchev–Trinajstić information content (AvgIpc) is 2.54. The fraction of sp³-hybridized carbons (Fsp3) is 1.00. The molecule has 0 aromatic rings. The van der Waals surface area contributed by atoms with Crippen molar-refractivity contribution in [2.24, 2.45) is 17.8 Å². The summed E-state index contributed by atoms with van der Waals surface area (Å²) in [5.74, 6) is 2.31. The van der Waals surface area contributed by atoms with Crippen LogP contribution in [0, 0.1) is 17.8 Å². The lowest BCUT2D eigenvalue weighted by molar-refractivity contribution is -0.0398. The molecule has 3 saturated carbocycles. The maximum Gasteiger partial charge on any atom is 0.0706 e. The summed E-state index contributed by atoms with van der Waals surface area (Å²) in [6.07, 6.45) is 7.79. The molecule has 0 saturated heterocycles. The van der Waals surface area contributed by atoms with Crippen LogP contribution in [-0.2, 0) is 0 Å². The normalized spacial score (nSPS) is 60.3. The van der Waals surface area contributed by atoms with Crippen molar-refractivity contribution in [1.82, 2.24) is 0 Å². The van der Waals surface area contributed by atoms with Gasteiger partial charge in [-0.15, -0.1) is 0 Å². The highest BCUT2D eigenvalue weighted by Gasteiger charge is 2.58. The van der Waals surface area contributed by atoms with Crippen LogP contribution in [0.2, 0.25) is 0 Å². The van der Waals surface area contributed by atoms with Crippen molar-refractivity contribution < 1.29 is 5.11 Å². The van der Waals surface area contributed by atoms with Crippen molar-refractivity contribution >= 4 is 0 Å². The van der Waals surface area contributed by atoms with Crippen molar-refractivity contribution in [2.45, 2.75) is 44.1 Å². The Morgan fingerprint density at radius 3 is 2.91 bits per heavy atom. The van der Waals surface area contributed by atoms with Gasteiger partial charge in [-0.3, -0.25) is 0 Å². The van der Waals surface area contributed by atoms with Gasteiger partial charge in [0.15, 0.2) is 0 Å². The van der Waals surface area contributed by atoms with E-state index in [0.29, 0.717) is 11.8 Å². The molecule has 0 aromatic carbocycles. The molecular formula is C10H16O. The molecule has 0 aliphatic heterocycles. The number of rotatable bonds is 0. The zero-order valence-corrected chi connectivity index (χ0v) is 6.92. The molecule has 0 heterocycles. The van der Waals surface area contributed by atoms with Crippen LogP contribution in [0.15, 0.2) is 0 Å². The second kappa shape index (κ2) is 1.82. The van der Waals surface area contributed by atoms with E-state index in [9.17, 15) is 5.11 Å². The van der Waals surface area contributed by atoms with E-state index in [1.807, 2.05) is 0 Å². The van der Waals surface area contributed by atoms with E-state index in [4.69, 9.17) is 0 Å². The monoisotopic (exact) mass is 152 g/mol. The summed E-state index contributed by atoms with van der Waals surface area (Å²) in [5.41, 5.74) is -0.178. The molecule has 4 atom stereocenters. The highest BCUT2D eigenvalue weighted by molar-refractivity contribution is 5.09. The van der Waals surface area contributed by atoms with Gasteiger partial charge in [-0.25, -0.2) is 0 Å². The molecule has 0 radical (unpaired) electrons. The van der Waals surface area contributed by atoms with Gasteiger partial charge in [0.1, 0.15) is 0 Å². The lowest BCUT2D eigenvalue weighted by Gasteiger charge is -2.34. The Bertz CT molecular complexity index is 189. The molecule has 2 bridgehead atoms. The molecule has 1 nitrogen and oxygen atoms in total. The third kappa shape index (κ3) is 0.618. The standard InChI is InChI=1S/C10H16O/c11-10-5-1-2-9(10)7-3-4-8(10)6-7/h7-9,11H,1-6H2. The largest absolute Gasteiger partial charge is 0.389 e. The fourth-order valence-electron chi connectivity index (χ4n) is 4.03. The zero-order valence-electron chi connectivity index (χ0n) is 6.92. The first kappa shape index (κ1) is 6.47. The minimum absolute atomic E-state index is 0.178. The molecule has 1 heteroatoms. The third-order valence-corrected chi connectivity index (χ3v) is 4.48. The molecule has 62 valence electrons. The molecule has 0 aromatic heterocycles. The number of aliphatic hydroxyl groups is 1. The van der Waals surface area contributed by atoms with Gasteiger partial charge in [-0.05, 0) is 49.9 Å². The van der Waals surface area contributed by atoms with Crippen LogP contribution in [0.3, 0.4) is 0 Å². The van der Waals surface area contributed by atoms with Crippen LogP contribution in [0.25, 0.3) is 0 Å². The Balaban J connectivity index is 2.00. The van der Waals surface area contributed by atoms with Crippen molar-refractivity contribution in [3.63, 3.8) is 0 Å². The van der Waals surface area contributed by atoms with Gasteiger partial charge < -0.3 is 5.11 Å². The van der Waals surface area contributed by atoms with Crippen LogP contribution in [0.4, 0.5) is 0 Å². The van der Waals surface area contributed by atoms with E-state index in [2.05, 4.69) is 0 Å². The van der Waals surface area contributed by atoms with Crippen LogP contribution in [-0.4, -0.2) is 10.7 Å². The first-order valence-corrected chi connectivity index (χ1v) is 5.03. The van der Waals surface area contributed by atoms with Gasteiger partial charge in [-0.2, -0.15) is 0 Å². The zero-order chi connectivity index (χ0) is 7.47. The van der Waals surface area contributed by atoms with E-state index in [-0.39, 0.29) is 5.60 Å². The molecule has 3 aliphatic carbocycles. The van der Waals surface area contributed by atoms with Crippen LogP contribution >= 0.6 is 0 Å². The summed E-state index contributed by atoms with van der Waals surface area (Å²) in [6.45, 7) is 0. The third-order valence-electron chi connectivity index (χ3n) is 4.48. The van der Waals surface area contributed by atoms with E-state index < -0.39 is 0 Å². The van der Waals surface area contributed by atoms with Crippen molar-refractivity contribution in [2.75, 3.05) is 0 Å². The highest BCUT2D eigenvalue weighted by atomic mass is 16.3. The van der Waals surface area contributed by atoms with Crippen molar-refractivity contribution in [3.8, 4) is 0 Å². The summed E-state index contributed by atoms with van der Waals surface area (Å²) in [6, 6.07) is 0. The summed E-state index contributed by atoms with van der Waals surface area (Å²) in [5, 5.41) is 10.3. The first-order chi connectivity index (χ1) is 5.31. The molecule has 1 N–H and O–H groups in total. The second-order valence-corrected chi connectivity index (χ2v) is 4.76. The predicted octanol–water partition coefficient (Wildman–Crippen LogP) is 1.95. The molecule has 3 fully saturated rings. The molecule has 4 unspecified atom stereocenters. The minimum Gasteiger partial charge on any atom is -0.389 e. The minimum atomic E-state index is -0.178. The first-order valence-electron chi connectivity index (χ1n) is 5.03. The smallest absolute Gasteiger partial charge is 0.0706 e. The molecular weight excluding hydrogens is 136 g/mol. The van der Waals surface area contributed by atoms with Gasteiger partial charge in [0.2, 0.25) is 0 Å². The Morgan fingerprint density at radius 2 is 2.09 bits per heavy atom. The Hall–Kier alpha value is -0.0400. The number of hydrogen-bond acceptors (Lipinski definition) is 1. The quantitative estimate of drug-likeness (QED) is 0.562. The van der Waals surface area contributed by atoms with Gasteiger partial charge in [0, 0.05) is 0 Å². The van der Waals surface area contributed by atoms with Gasteiger partial charge in [0.05, 0.1) is 5.60 Å². The van der Waals surface area contributed by atoms with Gasteiger partial charge in [0.25, 0.3) is 0 Å². The molecule has 0 amide bonds. The Labute approximate surface area is 67.8 Å². The number of fused-ring (bicyclic) bond motifs is 5. The van der Waals surface area contributed by atoms with Gasteiger partial charge in [-0.1, -0.05) is 6.42 Å². The summed E-state index contributed by atoms with van der Waals surface area (Å²) in [7, 11) is 0. The van der Waals surface area contributed by atoms with Crippen LogP contribution < -0.4 is 0 Å². The summed E-state index contributed by atoms with van der Waals surface area (Å²) in [4.78, 5) is 0. The highest BCUT2D eigenvalue weighted by Crippen LogP contribution is 2.60. The average molecular weight is 152 g/mol. The SMILES string of the molecule is OC12CCCC1C1CCC2C1. The predicted molar refractivity (Wildman–Crippen MR) is 43.1 cm³/mol. The Kier molecular flexibility index (Phi) is 1.07. The van der Waals surface area contributed by atoms with Crippen molar-refractivity contribution in [1.29, 1.82) is 0 Å². The molecule has 3 rings (SSSR count). The van der Waals surface area contributed by atoms with Gasteiger partial charge >= 0.3 is 0 Å². The summed E-state index contributed by atoms with van der Waals surface area (Å²) >= 11 is 0. The molecule has 0 spiro atoms. The van der Waals surface area contributed by atoms with E-state index >= 15 is 0 Å². The van der Waals surface area contributed by atoms with E-state index in [0.717, 1.165) is 12.3 Å². The van der Waals surface area contributed by atoms with Crippen LogP contribution in [0.5, 0.6) is 0 Å². The topological polar surface area (TPSA) is 20.2 Å². The van der Waals surface area contributed by atoms with Crippen LogP contribution in [0.1, 0.15) is 38.5 Å². The lowest BCUT2D eigenvalue weighted by atomic mass is 9.78. The fourth-order valence-corrected chi connectivity index (χ4v) is 4.03. The molecule has 11 heavy (non-hydrogen) atoms. The van der Waals surface area contributed by atoms with Crippen molar-refractivity contribution in [3.05, 3.63) is 0 Å². The Morgan fingerprint density at radius 1 is 1.18 bits per heavy atom.